The predicted octanol–water partition coefficient (Wildman–Crippen LogP) is 3.41. The number of rotatable bonds is 3. The van der Waals surface area contributed by atoms with Gasteiger partial charge in [0.1, 0.15) is 5.82 Å². The number of hydrogen-bond donors (Lipinski definition) is 2. The Morgan fingerprint density at radius 2 is 2.04 bits per heavy atom. The maximum absolute atomic E-state index is 13.3. The predicted molar refractivity (Wildman–Crippen MR) is 104 cm³/mol. The van der Waals surface area contributed by atoms with Gasteiger partial charge in [-0.05, 0) is 56.0 Å². The minimum atomic E-state index is -0.454. The molecule has 2 aliphatic heterocycles. The quantitative estimate of drug-likeness (QED) is 0.848. The highest BCUT2D eigenvalue weighted by Gasteiger charge is 2.32. The van der Waals surface area contributed by atoms with Gasteiger partial charge in [0.2, 0.25) is 0 Å². The molecule has 1 aromatic heterocycles. The Morgan fingerprint density at radius 3 is 2.85 bits per heavy atom. The third-order valence-corrected chi connectivity index (χ3v) is 6.39. The van der Waals surface area contributed by atoms with E-state index in [-0.39, 0.29) is 17.4 Å². The highest BCUT2D eigenvalue weighted by atomic mass is 32.1. The topological polar surface area (TPSA) is 61.4 Å². The maximum Gasteiger partial charge on any atom is 0.264 e. The summed E-state index contributed by atoms with van der Waals surface area (Å²) in [6, 6.07) is 8.26. The molecular weight excluding hydrogens is 365 g/mol. The van der Waals surface area contributed by atoms with Gasteiger partial charge < -0.3 is 15.5 Å². The molecule has 0 spiro atoms. The Hall–Kier alpha value is -2.25. The van der Waals surface area contributed by atoms with Crippen molar-refractivity contribution in [1.82, 2.24) is 10.2 Å². The molecule has 3 heterocycles. The van der Waals surface area contributed by atoms with Crippen LogP contribution in [0.15, 0.2) is 30.3 Å². The van der Waals surface area contributed by atoms with Gasteiger partial charge in [-0.1, -0.05) is 6.07 Å². The molecule has 2 N–H and O–H groups in total. The average Bonchev–Trinajstić information content (AvgIpc) is 3.16. The number of nitrogens with zero attached hydrogens (tertiary/aromatic N) is 1. The van der Waals surface area contributed by atoms with Crippen LogP contribution in [0.3, 0.4) is 0 Å². The molecule has 2 saturated heterocycles. The SMILES string of the molecule is Cc1cc(NC(=O)c2cccc(F)c2)sc1C(=O)N1CCC2CCC(C1)N2. The Bertz CT molecular complexity index is 882. The third kappa shape index (κ3) is 3.89. The van der Waals surface area contributed by atoms with Gasteiger partial charge in [0.15, 0.2) is 0 Å². The first kappa shape index (κ1) is 18.1. The number of anilines is 1. The van der Waals surface area contributed by atoms with Gasteiger partial charge >= 0.3 is 0 Å². The zero-order valence-electron chi connectivity index (χ0n) is 15.1. The molecule has 4 rings (SSSR count). The van der Waals surface area contributed by atoms with Crippen LogP contribution in [0.25, 0.3) is 0 Å². The summed E-state index contributed by atoms with van der Waals surface area (Å²) in [5.74, 6) is -0.811. The maximum atomic E-state index is 13.3. The number of carbonyl (C=O) groups excluding carboxylic acids is 2. The van der Waals surface area contributed by atoms with Crippen molar-refractivity contribution in [2.45, 2.75) is 38.3 Å². The minimum absolute atomic E-state index is 0.0260. The molecule has 0 radical (unpaired) electrons. The van der Waals surface area contributed by atoms with Crippen molar-refractivity contribution in [3.8, 4) is 0 Å². The van der Waals surface area contributed by atoms with Crippen LogP contribution in [0.1, 0.15) is 44.9 Å². The van der Waals surface area contributed by atoms with E-state index >= 15 is 0 Å². The molecule has 5 nitrogen and oxygen atoms in total. The number of likely N-dealkylation sites (tertiary alicyclic amines) is 1. The molecule has 27 heavy (non-hydrogen) atoms. The fourth-order valence-electron chi connectivity index (χ4n) is 3.84. The molecule has 2 unspecified atom stereocenters. The van der Waals surface area contributed by atoms with Crippen molar-refractivity contribution < 1.29 is 14.0 Å². The number of nitrogens with one attached hydrogen (secondary N) is 2. The molecule has 2 amide bonds. The summed E-state index contributed by atoms with van der Waals surface area (Å²) in [7, 11) is 0. The van der Waals surface area contributed by atoms with E-state index in [1.54, 1.807) is 12.1 Å². The number of hydrogen-bond acceptors (Lipinski definition) is 4. The van der Waals surface area contributed by atoms with Crippen molar-refractivity contribution in [3.05, 3.63) is 52.2 Å². The molecule has 0 saturated carbocycles. The summed E-state index contributed by atoms with van der Waals surface area (Å²) in [6.07, 6.45) is 3.30. The monoisotopic (exact) mass is 387 g/mol. The zero-order chi connectivity index (χ0) is 19.0. The van der Waals surface area contributed by atoms with Crippen LogP contribution in [0.5, 0.6) is 0 Å². The summed E-state index contributed by atoms with van der Waals surface area (Å²) in [5, 5.41) is 6.95. The first-order valence-corrected chi connectivity index (χ1v) is 10.0. The summed E-state index contributed by atoms with van der Waals surface area (Å²) >= 11 is 1.28. The van der Waals surface area contributed by atoms with Crippen LogP contribution in [0, 0.1) is 12.7 Å². The largest absolute Gasteiger partial charge is 0.336 e. The summed E-state index contributed by atoms with van der Waals surface area (Å²) in [5.41, 5.74) is 1.10. The first-order valence-electron chi connectivity index (χ1n) is 9.22. The molecule has 7 heteroatoms. The molecule has 0 aliphatic carbocycles. The van der Waals surface area contributed by atoms with Crippen molar-refractivity contribution in [1.29, 1.82) is 0 Å². The summed E-state index contributed by atoms with van der Waals surface area (Å²) < 4.78 is 13.3. The van der Waals surface area contributed by atoms with Crippen molar-refractivity contribution in [2.24, 2.45) is 0 Å². The Balaban J connectivity index is 1.47. The Kier molecular flexibility index (Phi) is 4.97. The van der Waals surface area contributed by atoms with Gasteiger partial charge in [-0.15, -0.1) is 11.3 Å². The van der Waals surface area contributed by atoms with E-state index in [1.165, 1.54) is 36.0 Å². The van der Waals surface area contributed by atoms with Crippen molar-refractivity contribution in [3.63, 3.8) is 0 Å². The van der Waals surface area contributed by atoms with Gasteiger partial charge in [-0.2, -0.15) is 0 Å². The second kappa shape index (κ2) is 7.40. The molecule has 142 valence electrons. The first-order chi connectivity index (χ1) is 13.0. The number of benzene rings is 1. The highest BCUT2D eigenvalue weighted by molar-refractivity contribution is 7.18. The Morgan fingerprint density at radius 1 is 1.22 bits per heavy atom. The number of halogens is 1. The second-order valence-corrected chi connectivity index (χ2v) is 8.32. The number of carbonyl (C=O) groups is 2. The fraction of sp³-hybridized carbons (Fsp3) is 0.400. The molecule has 2 atom stereocenters. The van der Waals surface area contributed by atoms with E-state index in [4.69, 9.17) is 0 Å². The Labute approximate surface area is 161 Å². The van der Waals surface area contributed by atoms with Gasteiger partial charge in [0.05, 0.1) is 9.88 Å². The van der Waals surface area contributed by atoms with Crippen LogP contribution >= 0.6 is 11.3 Å². The smallest absolute Gasteiger partial charge is 0.264 e. The molecule has 2 fully saturated rings. The number of thiophene rings is 1. The molecule has 2 aromatic rings. The second-order valence-electron chi connectivity index (χ2n) is 7.26. The highest BCUT2D eigenvalue weighted by Crippen LogP contribution is 2.30. The average molecular weight is 387 g/mol. The lowest BCUT2D eigenvalue weighted by molar-refractivity contribution is 0.0752. The lowest BCUT2D eigenvalue weighted by Crippen LogP contribution is -2.38. The van der Waals surface area contributed by atoms with Crippen LogP contribution < -0.4 is 10.6 Å². The third-order valence-electron chi connectivity index (χ3n) is 5.25. The number of aryl methyl sites for hydroxylation is 1. The zero-order valence-corrected chi connectivity index (χ0v) is 15.9. The van der Waals surface area contributed by atoms with Crippen LogP contribution in [0.2, 0.25) is 0 Å². The molecule has 1 aromatic carbocycles. The van der Waals surface area contributed by atoms with E-state index in [0.29, 0.717) is 22.0 Å². The fourth-order valence-corrected chi connectivity index (χ4v) is 4.88. The summed E-state index contributed by atoms with van der Waals surface area (Å²) in [4.78, 5) is 27.9. The van der Waals surface area contributed by atoms with E-state index in [2.05, 4.69) is 10.6 Å². The molecule has 2 bridgehead atoms. The minimum Gasteiger partial charge on any atom is -0.336 e. The normalized spacial score (nSPS) is 21.8. The lowest BCUT2D eigenvalue weighted by atomic mass is 10.1. The molecular formula is C20H22FN3O2S. The van der Waals surface area contributed by atoms with Gasteiger partial charge in [-0.25, -0.2) is 4.39 Å². The lowest BCUT2D eigenvalue weighted by Gasteiger charge is -2.24. The molecule has 2 aliphatic rings. The number of fused-ring (bicyclic) bond motifs is 2. The van der Waals surface area contributed by atoms with E-state index < -0.39 is 5.82 Å². The van der Waals surface area contributed by atoms with Gasteiger partial charge in [-0.3, -0.25) is 9.59 Å². The van der Waals surface area contributed by atoms with E-state index in [9.17, 15) is 14.0 Å². The van der Waals surface area contributed by atoms with E-state index in [1.807, 2.05) is 11.8 Å². The number of amides is 2. The van der Waals surface area contributed by atoms with Gasteiger partial charge in [0.25, 0.3) is 11.8 Å². The van der Waals surface area contributed by atoms with Gasteiger partial charge in [0, 0.05) is 30.7 Å². The van der Waals surface area contributed by atoms with Crippen LogP contribution in [-0.4, -0.2) is 41.9 Å². The van der Waals surface area contributed by atoms with Crippen molar-refractivity contribution >= 4 is 28.2 Å². The van der Waals surface area contributed by atoms with Crippen molar-refractivity contribution in [2.75, 3.05) is 18.4 Å². The van der Waals surface area contributed by atoms with Crippen LogP contribution in [-0.2, 0) is 0 Å². The standard InChI is InChI=1S/C20H22FN3O2S/c1-12-9-17(23-19(25)13-3-2-4-14(21)10-13)27-18(12)20(26)24-8-7-15-5-6-16(11-24)22-15/h2-4,9-10,15-16,22H,5-8,11H2,1H3,(H,23,25). The van der Waals surface area contributed by atoms with E-state index in [0.717, 1.165) is 31.5 Å². The summed E-state index contributed by atoms with van der Waals surface area (Å²) in [6.45, 7) is 3.37. The van der Waals surface area contributed by atoms with Crippen LogP contribution in [0.4, 0.5) is 9.39 Å².